The van der Waals surface area contributed by atoms with Crippen molar-refractivity contribution in [1.82, 2.24) is 4.57 Å². The maximum atomic E-state index is 8.32. The Morgan fingerprint density at radius 1 is 1.88 bits per heavy atom. The van der Waals surface area contributed by atoms with E-state index in [1.54, 1.807) is 16.8 Å². The van der Waals surface area contributed by atoms with Gasteiger partial charge in [-0.3, -0.25) is 0 Å². The summed E-state index contributed by atoms with van der Waals surface area (Å²) in [6, 6.07) is 6.45. The van der Waals surface area contributed by atoms with Gasteiger partial charge in [-0.25, -0.2) is 0 Å². The Morgan fingerprint density at radius 2 is 2.62 bits per heavy atom. The molecule has 0 bridgehead atoms. The first-order chi connectivity index (χ1) is 3.84. The van der Waals surface area contributed by atoms with Crippen LogP contribution in [0.1, 0.15) is 5.69 Å². The second kappa shape index (κ2) is 1.71. The van der Waals surface area contributed by atoms with Crippen LogP contribution in [0.4, 0.5) is 0 Å². The molecule has 0 saturated heterocycles. The lowest BCUT2D eigenvalue weighted by molar-refractivity contribution is 0.908. The number of aryl methyl sites for hydroxylation is 1. The van der Waals surface area contributed by atoms with Gasteiger partial charge in [0.05, 0.1) is 0 Å². The number of aromatic nitrogens is 1. The normalized spacial score (nSPS) is 8.50. The van der Waals surface area contributed by atoms with Gasteiger partial charge in [-0.1, -0.05) is 0 Å². The van der Waals surface area contributed by atoms with Crippen LogP contribution in [0.15, 0.2) is 12.3 Å². The predicted octanol–water partition coefficient (Wildman–Crippen LogP) is 0.697. The van der Waals surface area contributed by atoms with Gasteiger partial charge >= 0.3 is 0 Å². The molecule has 0 spiro atoms. The Balaban J connectivity index is 3.15. The van der Waals surface area contributed by atoms with E-state index < -0.39 is 0 Å². The Hall–Kier alpha value is -1.23. The Morgan fingerprint density at radius 3 is 2.88 bits per heavy atom. The summed E-state index contributed by atoms with van der Waals surface area (Å²) in [5, 5.41) is 8.32. The monoisotopic (exact) mass is 105 g/mol. The van der Waals surface area contributed by atoms with Crippen molar-refractivity contribution < 1.29 is 0 Å². The third-order valence-corrected chi connectivity index (χ3v) is 0.983. The van der Waals surface area contributed by atoms with Crippen LogP contribution in [-0.4, -0.2) is 4.57 Å². The molecule has 1 aromatic rings. The van der Waals surface area contributed by atoms with E-state index in [9.17, 15) is 0 Å². The number of nitrogens with zero attached hydrogens (tertiary/aromatic N) is 2. The van der Waals surface area contributed by atoms with Crippen LogP contribution >= 0.6 is 0 Å². The molecule has 0 aliphatic rings. The highest BCUT2D eigenvalue weighted by atomic mass is 14.9. The second-order valence-electron chi connectivity index (χ2n) is 1.55. The molecule has 1 heterocycles. The van der Waals surface area contributed by atoms with Crippen molar-refractivity contribution in [3.8, 4) is 6.07 Å². The number of hydrogen-bond donors (Lipinski definition) is 0. The van der Waals surface area contributed by atoms with E-state index >= 15 is 0 Å². The quantitative estimate of drug-likeness (QED) is 0.477. The largest absolute Gasteiger partial charge is 0.342 e. The van der Waals surface area contributed by atoms with Crippen LogP contribution in [-0.2, 0) is 7.05 Å². The van der Waals surface area contributed by atoms with Crippen molar-refractivity contribution in [2.24, 2.45) is 7.05 Å². The molecule has 1 aromatic heterocycles. The van der Waals surface area contributed by atoms with Crippen molar-refractivity contribution in [3.05, 3.63) is 24.0 Å². The van der Waals surface area contributed by atoms with E-state index in [2.05, 4.69) is 6.07 Å². The fourth-order valence-corrected chi connectivity index (χ4v) is 0.511. The minimum absolute atomic E-state index is 0.644. The molecule has 0 atom stereocenters. The predicted molar refractivity (Wildman–Crippen MR) is 29.0 cm³/mol. The van der Waals surface area contributed by atoms with Gasteiger partial charge in [-0.15, -0.1) is 0 Å². The van der Waals surface area contributed by atoms with Crippen LogP contribution in [0, 0.1) is 17.4 Å². The molecule has 0 N–H and O–H groups in total. The molecule has 1 rings (SSSR count). The van der Waals surface area contributed by atoms with E-state index in [1.165, 1.54) is 0 Å². The van der Waals surface area contributed by atoms with Crippen LogP contribution in [0.2, 0.25) is 0 Å². The molecule has 2 nitrogen and oxygen atoms in total. The smallest absolute Gasteiger partial charge is 0.120 e. The summed E-state index contributed by atoms with van der Waals surface area (Å²) in [7, 11) is 1.81. The summed E-state index contributed by atoms with van der Waals surface area (Å²) >= 11 is 0. The van der Waals surface area contributed by atoms with E-state index in [-0.39, 0.29) is 0 Å². The maximum Gasteiger partial charge on any atom is 0.120 e. The highest BCUT2D eigenvalue weighted by Crippen LogP contribution is 1.93. The van der Waals surface area contributed by atoms with Gasteiger partial charge < -0.3 is 4.57 Å². The molecule has 0 aliphatic heterocycles. The first kappa shape index (κ1) is 4.92. The first-order valence-electron chi connectivity index (χ1n) is 2.27. The summed E-state index contributed by atoms with van der Waals surface area (Å²) in [6.45, 7) is 0. The lowest BCUT2D eigenvalue weighted by Gasteiger charge is -1.86. The lowest BCUT2D eigenvalue weighted by Crippen LogP contribution is -1.86. The molecule has 0 saturated carbocycles. The van der Waals surface area contributed by atoms with Crippen LogP contribution in [0.5, 0.6) is 0 Å². The SMILES string of the molecule is Cn1c[c]cc1C#N. The molecule has 2 heteroatoms. The van der Waals surface area contributed by atoms with Gasteiger partial charge in [0.25, 0.3) is 0 Å². The van der Waals surface area contributed by atoms with Crippen molar-refractivity contribution in [1.29, 1.82) is 5.26 Å². The summed E-state index contributed by atoms with van der Waals surface area (Å²) in [4.78, 5) is 0. The average molecular weight is 105 g/mol. The van der Waals surface area contributed by atoms with Crippen LogP contribution < -0.4 is 0 Å². The molecule has 0 amide bonds. The van der Waals surface area contributed by atoms with Gasteiger partial charge in [-0.2, -0.15) is 5.26 Å². The van der Waals surface area contributed by atoms with Gasteiger partial charge in [-0.05, 0) is 6.07 Å². The van der Waals surface area contributed by atoms with Gasteiger partial charge in [0, 0.05) is 19.3 Å². The van der Waals surface area contributed by atoms with Crippen molar-refractivity contribution >= 4 is 0 Å². The highest BCUT2D eigenvalue weighted by molar-refractivity contribution is 5.20. The van der Waals surface area contributed by atoms with Crippen molar-refractivity contribution in [2.75, 3.05) is 0 Å². The Kier molecular flexibility index (Phi) is 1.05. The lowest BCUT2D eigenvalue weighted by atomic mass is 10.5. The van der Waals surface area contributed by atoms with Gasteiger partial charge in [0.2, 0.25) is 0 Å². The van der Waals surface area contributed by atoms with Crippen LogP contribution in [0.3, 0.4) is 0 Å². The molecule has 8 heavy (non-hydrogen) atoms. The zero-order valence-electron chi connectivity index (χ0n) is 4.55. The average Bonchev–Trinajstić information content (AvgIpc) is 2.14. The molecule has 0 aliphatic carbocycles. The standard InChI is InChI=1S/C6H5N2/c1-8-4-2-3-6(8)5-7/h3-4H,1H3. The molecular weight excluding hydrogens is 100 g/mol. The zero-order chi connectivity index (χ0) is 5.98. The first-order valence-corrected chi connectivity index (χ1v) is 2.27. The molecule has 39 valence electrons. The third-order valence-electron chi connectivity index (χ3n) is 0.983. The van der Waals surface area contributed by atoms with E-state index in [4.69, 9.17) is 5.26 Å². The Bertz CT molecular complexity index is 217. The minimum Gasteiger partial charge on any atom is -0.342 e. The summed E-state index contributed by atoms with van der Waals surface area (Å²) < 4.78 is 1.72. The minimum atomic E-state index is 0.644. The fourth-order valence-electron chi connectivity index (χ4n) is 0.511. The number of nitriles is 1. The molecule has 0 fully saturated rings. The Labute approximate surface area is 48.0 Å². The van der Waals surface area contributed by atoms with Gasteiger partial charge in [0.15, 0.2) is 0 Å². The molecule has 1 radical (unpaired) electrons. The zero-order valence-corrected chi connectivity index (χ0v) is 4.55. The molecule has 0 aromatic carbocycles. The topological polar surface area (TPSA) is 28.7 Å². The summed E-state index contributed by atoms with van der Waals surface area (Å²) in [5.41, 5.74) is 0.644. The van der Waals surface area contributed by atoms with Crippen molar-refractivity contribution in [3.63, 3.8) is 0 Å². The van der Waals surface area contributed by atoms with Gasteiger partial charge in [0.1, 0.15) is 11.8 Å². The summed E-state index contributed by atoms with van der Waals surface area (Å²) in [5.74, 6) is 0. The van der Waals surface area contributed by atoms with Crippen LogP contribution in [0.25, 0.3) is 0 Å². The van der Waals surface area contributed by atoms with E-state index in [0.717, 1.165) is 0 Å². The summed E-state index contributed by atoms with van der Waals surface area (Å²) in [6.07, 6.45) is 1.72. The molecular formula is C6H5N2. The fraction of sp³-hybridized carbons (Fsp3) is 0.167. The number of hydrogen-bond acceptors (Lipinski definition) is 1. The maximum absolute atomic E-state index is 8.32. The highest BCUT2D eigenvalue weighted by Gasteiger charge is 1.89. The number of rotatable bonds is 0. The van der Waals surface area contributed by atoms with Crippen molar-refractivity contribution in [2.45, 2.75) is 0 Å². The third kappa shape index (κ3) is 0.584. The molecule has 0 unspecified atom stereocenters. The second-order valence-corrected chi connectivity index (χ2v) is 1.55. The van der Waals surface area contributed by atoms with E-state index in [0.29, 0.717) is 5.69 Å². The van der Waals surface area contributed by atoms with E-state index in [1.807, 2.05) is 13.1 Å².